The molecule has 3 saturated carbocycles. The normalized spacial score (nSPS) is 43.6. The number of aliphatic carboxylic acids is 1. The molecule has 0 amide bonds. The zero-order chi connectivity index (χ0) is 29.3. The number of aliphatic hydroxyl groups excluding tert-OH is 1. The summed E-state index contributed by atoms with van der Waals surface area (Å²) in [6, 6.07) is 7.70. The van der Waals surface area contributed by atoms with E-state index in [-0.39, 0.29) is 36.4 Å². The lowest BCUT2D eigenvalue weighted by Crippen LogP contribution is -2.63. The monoisotopic (exact) mass is 585 g/mol. The van der Waals surface area contributed by atoms with Gasteiger partial charge in [0.05, 0.1) is 18.1 Å². The molecule has 1 aromatic carbocycles. The third kappa shape index (κ3) is 4.06. The third-order valence-electron chi connectivity index (χ3n) is 11.6. The zero-order valence-corrected chi connectivity index (χ0v) is 25.3. The Bertz CT molecular complexity index is 1240. The summed E-state index contributed by atoms with van der Waals surface area (Å²) in [5.41, 5.74) is -1.12. The fraction of sp³-hybridized carbons (Fsp3) is 0.697. The van der Waals surface area contributed by atoms with E-state index in [0.717, 1.165) is 36.7 Å². The van der Waals surface area contributed by atoms with Crippen LogP contribution < -0.4 is 0 Å². The molecule has 5 aliphatic rings. The highest BCUT2D eigenvalue weighted by atomic mass is 35.5. The summed E-state index contributed by atoms with van der Waals surface area (Å²) >= 11 is 6.41. The van der Waals surface area contributed by atoms with Crippen molar-refractivity contribution in [3.05, 3.63) is 46.5 Å². The second kappa shape index (κ2) is 10.4. The molecule has 1 aliphatic heterocycles. The number of ether oxygens (including phenoxy) is 2. The molecule has 1 saturated heterocycles. The minimum atomic E-state index is -1.30. The van der Waals surface area contributed by atoms with E-state index in [2.05, 4.69) is 17.9 Å². The van der Waals surface area contributed by atoms with Gasteiger partial charge in [0.1, 0.15) is 17.8 Å². The molecule has 0 aromatic heterocycles. The molecule has 6 rings (SSSR count). The van der Waals surface area contributed by atoms with Gasteiger partial charge >= 0.3 is 5.97 Å². The first-order valence-electron chi connectivity index (χ1n) is 15.3. The molecular formula is C33H44ClNO6. The van der Waals surface area contributed by atoms with Gasteiger partial charge in [0.15, 0.2) is 6.29 Å². The summed E-state index contributed by atoms with van der Waals surface area (Å²) in [4.78, 5) is 29.0. The van der Waals surface area contributed by atoms with Gasteiger partial charge in [-0.1, -0.05) is 68.6 Å². The van der Waals surface area contributed by atoms with Gasteiger partial charge in [0, 0.05) is 30.1 Å². The molecule has 41 heavy (non-hydrogen) atoms. The first-order valence-corrected chi connectivity index (χ1v) is 15.7. The molecule has 3 unspecified atom stereocenters. The van der Waals surface area contributed by atoms with Crippen LogP contribution in [-0.4, -0.2) is 65.6 Å². The lowest BCUT2D eigenvalue weighted by atomic mass is 9.43. The molecular weight excluding hydrogens is 542 g/mol. The van der Waals surface area contributed by atoms with E-state index in [4.69, 9.17) is 21.1 Å². The molecule has 4 aliphatic carbocycles. The third-order valence-corrected chi connectivity index (χ3v) is 12.0. The SMILES string of the molecule is CC(C)C1=CC2CC3(C=O)[C@@H]4CC[C@@H](C)[C@H]4CC2(CO[C@@H]2O[C@H](C)CN(Cc4ccccc4Cl)C[C@@H]2O)[C@]13C(=O)O. The van der Waals surface area contributed by atoms with Gasteiger partial charge in [-0.2, -0.15) is 0 Å². The molecule has 2 N–H and O–H groups in total. The van der Waals surface area contributed by atoms with Crippen molar-refractivity contribution in [1.29, 1.82) is 0 Å². The number of hydrogen-bond donors (Lipinski definition) is 2. The highest BCUT2D eigenvalue weighted by Crippen LogP contribution is 2.82. The van der Waals surface area contributed by atoms with Crippen LogP contribution in [0.3, 0.4) is 0 Å². The summed E-state index contributed by atoms with van der Waals surface area (Å²) in [5, 5.41) is 23.2. The number of fused-ring (bicyclic) bond motifs is 2. The molecule has 1 aromatic rings. The first kappa shape index (κ1) is 29.3. The van der Waals surface area contributed by atoms with Crippen molar-refractivity contribution in [3.63, 3.8) is 0 Å². The van der Waals surface area contributed by atoms with E-state index >= 15 is 0 Å². The van der Waals surface area contributed by atoms with Crippen LogP contribution >= 0.6 is 11.6 Å². The quantitative estimate of drug-likeness (QED) is 0.320. The number of carboxylic acid groups (broad SMARTS) is 1. The molecule has 224 valence electrons. The smallest absolute Gasteiger partial charge is 0.315 e. The highest BCUT2D eigenvalue weighted by Gasteiger charge is 2.84. The van der Waals surface area contributed by atoms with Crippen LogP contribution in [0.1, 0.15) is 58.9 Å². The van der Waals surface area contributed by atoms with Gasteiger partial charge in [0.2, 0.25) is 0 Å². The van der Waals surface area contributed by atoms with Crippen LogP contribution in [0.4, 0.5) is 0 Å². The number of hydrogen-bond acceptors (Lipinski definition) is 6. The van der Waals surface area contributed by atoms with Crippen molar-refractivity contribution in [1.82, 2.24) is 4.90 Å². The Balaban J connectivity index is 1.31. The number of benzene rings is 1. The van der Waals surface area contributed by atoms with Gasteiger partial charge in [-0.25, -0.2) is 0 Å². The van der Waals surface area contributed by atoms with E-state index in [1.54, 1.807) is 0 Å². The zero-order valence-electron chi connectivity index (χ0n) is 24.6. The summed E-state index contributed by atoms with van der Waals surface area (Å²) in [6.07, 6.45) is 4.38. The second-order valence-corrected chi connectivity index (χ2v) is 14.4. The van der Waals surface area contributed by atoms with E-state index in [1.165, 1.54) is 0 Å². The number of aliphatic hydroxyl groups is 1. The van der Waals surface area contributed by atoms with Crippen molar-refractivity contribution in [2.24, 2.45) is 45.8 Å². The Hall–Kier alpha value is -1.77. The fourth-order valence-corrected chi connectivity index (χ4v) is 10.4. The predicted octanol–water partition coefficient (Wildman–Crippen LogP) is 5.19. The molecule has 4 bridgehead atoms. The average molecular weight is 586 g/mol. The Kier molecular flexibility index (Phi) is 7.47. The number of carbonyl (C=O) groups excluding carboxylic acids is 1. The second-order valence-electron chi connectivity index (χ2n) is 14.0. The Morgan fingerprint density at radius 1 is 1.22 bits per heavy atom. The minimum Gasteiger partial charge on any atom is -0.481 e. The van der Waals surface area contributed by atoms with Crippen LogP contribution in [0.2, 0.25) is 5.02 Å². The molecule has 8 heteroatoms. The number of rotatable bonds is 8. The van der Waals surface area contributed by atoms with Crippen molar-refractivity contribution in [2.45, 2.75) is 78.4 Å². The van der Waals surface area contributed by atoms with Crippen molar-refractivity contribution < 1.29 is 29.3 Å². The number of carbonyl (C=O) groups is 2. The molecule has 1 heterocycles. The van der Waals surface area contributed by atoms with Crippen LogP contribution in [0.5, 0.6) is 0 Å². The van der Waals surface area contributed by atoms with Gasteiger partial charge in [-0.3, -0.25) is 9.69 Å². The van der Waals surface area contributed by atoms with Gasteiger partial charge < -0.3 is 24.5 Å². The van der Waals surface area contributed by atoms with Crippen molar-refractivity contribution in [2.75, 3.05) is 19.7 Å². The summed E-state index contributed by atoms with van der Waals surface area (Å²) in [7, 11) is 0. The van der Waals surface area contributed by atoms with Gasteiger partial charge in [0.25, 0.3) is 0 Å². The van der Waals surface area contributed by atoms with Gasteiger partial charge in [-0.15, -0.1) is 0 Å². The van der Waals surface area contributed by atoms with Gasteiger partial charge in [-0.05, 0) is 67.4 Å². The lowest BCUT2D eigenvalue weighted by Gasteiger charge is -2.58. The van der Waals surface area contributed by atoms with Crippen LogP contribution in [-0.2, 0) is 25.6 Å². The fourth-order valence-electron chi connectivity index (χ4n) is 10.2. The van der Waals surface area contributed by atoms with E-state index in [1.807, 2.05) is 45.0 Å². The van der Waals surface area contributed by atoms with E-state index < -0.39 is 34.6 Å². The number of carboxylic acids is 1. The standard InChI is InChI=1S/C33H44ClNO6/c1-19(2)26-11-23-12-31(17-36)25-10-9-20(3)24(25)13-32(23,33(26,31)30(38)39)18-40-29-28(37)16-35(14-21(4)41-29)15-22-7-5-6-8-27(22)34/h5-8,11,17,19-21,23-25,28-29,37H,9-10,12-16,18H2,1-4H3,(H,38,39)/t20-,21-,23?,24-,25-,28+,29-,31?,32?,33+/m1/s1. The number of aldehydes is 1. The lowest BCUT2D eigenvalue weighted by molar-refractivity contribution is -0.235. The maximum absolute atomic E-state index is 13.7. The Morgan fingerprint density at radius 2 is 1.98 bits per heavy atom. The number of allylic oxidation sites excluding steroid dienone is 1. The molecule has 4 fully saturated rings. The van der Waals surface area contributed by atoms with Crippen LogP contribution in [0.25, 0.3) is 0 Å². The number of β-amino-alcohol motifs (C(OH)–C–C–N with tert-alkyl or cyclic N) is 1. The summed E-state index contributed by atoms with van der Waals surface area (Å²) in [6.45, 7) is 9.97. The maximum atomic E-state index is 13.7. The summed E-state index contributed by atoms with van der Waals surface area (Å²) in [5.74, 6) is -0.161. The molecule has 0 radical (unpaired) electrons. The van der Waals surface area contributed by atoms with Crippen molar-refractivity contribution >= 4 is 23.9 Å². The first-order chi connectivity index (χ1) is 19.5. The average Bonchev–Trinajstić information content (AvgIpc) is 3.45. The van der Waals surface area contributed by atoms with E-state index in [0.29, 0.717) is 37.0 Å². The predicted molar refractivity (Wildman–Crippen MR) is 155 cm³/mol. The number of nitrogens with zero attached hydrogens (tertiary/aromatic N) is 1. The van der Waals surface area contributed by atoms with Crippen LogP contribution in [0.15, 0.2) is 35.9 Å². The van der Waals surface area contributed by atoms with Crippen molar-refractivity contribution in [3.8, 4) is 0 Å². The maximum Gasteiger partial charge on any atom is 0.315 e. The highest BCUT2D eigenvalue weighted by molar-refractivity contribution is 6.31. The Labute approximate surface area is 248 Å². The summed E-state index contributed by atoms with van der Waals surface area (Å²) < 4.78 is 12.8. The van der Waals surface area contributed by atoms with E-state index in [9.17, 15) is 19.8 Å². The van der Waals surface area contributed by atoms with Crippen LogP contribution in [0, 0.1) is 45.8 Å². The molecule has 10 atom stereocenters. The molecule has 0 spiro atoms. The Morgan fingerprint density at radius 3 is 2.66 bits per heavy atom. The number of halogens is 1. The molecule has 7 nitrogen and oxygen atoms in total. The topological polar surface area (TPSA) is 96.3 Å². The largest absolute Gasteiger partial charge is 0.481 e. The minimum absolute atomic E-state index is 0.00332.